The minimum atomic E-state index is -0.554. The monoisotopic (exact) mass is 262 g/mol. The Morgan fingerprint density at radius 1 is 1.47 bits per heavy atom. The van der Waals surface area contributed by atoms with E-state index in [1.165, 1.54) is 0 Å². The number of aliphatic hydroxyl groups excluding tert-OH is 1. The molecular weight excluding hydrogens is 240 g/mol. The molecule has 0 radical (unpaired) electrons. The Labute approximate surface area is 114 Å². The number of aliphatic hydroxyl groups is 1. The maximum Gasteiger partial charge on any atom is 0.254 e. The molecule has 0 fully saturated rings. The van der Waals surface area contributed by atoms with Crippen molar-refractivity contribution in [2.24, 2.45) is 0 Å². The van der Waals surface area contributed by atoms with Crippen LogP contribution in [-0.2, 0) is 6.42 Å². The van der Waals surface area contributed by atoms with Crippen LogP contribution in [0, 0.1) is 0 Å². The Morgan fingerprint density at radius 2 is 2.21 bits per heavy atom. The van der Waals surface area contributed by atoms with Gasteiger partial charge in [0.05, 0.1) is 12.1 Å². The summed E-state index contributed by atoms with van der Waals surface area (Å²) < 4.78 is 0. The molecule has 1 heterocycles. The second-order valence-corrected chi connectivity index (χ2v) is 5.70. The SMILES string of the molecule is CN(C(=O)c1cccc2c1CCCN2)C(C)(C)CO. The third-order valence-corrected chi connectivity index (χ3v) is 3.92. The molecule has 0 bridgehead atoms. The van der Waals surface area contributed by atoms with Gasteiger partial charge < -0.3 is 15.3 Å². The lowest BCUT2D eigenvalue weighted by molar-refractivity contribution is 0.0472. The largest absolute Gasteiger partial charge is 0.394 e. The molecule has 1 aromatic carbocycles. The quantitative estimate of drug-likeness (QED) is 0.874. The summed E-state index contributed by atoms with van der Waals surface area (Å²) in [6.07, 6.45) is 1.97. The lowest BCUT2D eigenvalue weighted by atomic mass is 9.95. The molecule has 0 aliphatic carbocycles. The average molecular weight is 262 g/mol. The zero-order chi connectivity index (χ0) is 14.0. The number of nitrogens with one attached hydrogen (secondary N) is 1. The molecule has 2 N–H and O–H groups in total. The van der Waals surface area contributed by atoms with Gasteiger partial charge in [-0.25, -0.2) is 0 Å². The molecule has 1 aliphatic rings. The summed E-state index contributed by atoms with van der Waals surface area (Å²) in [7, 11) is 1.74. The Morgan fingerprint density at radius 3 is 2.89 bits per heavy atom. The van der Waals surface area contributed by atoms with E-state index in [2.05, 4.69) is 5.32 Å². The van der Waals surface area contributed by atoms with Crippen molar-refractivity contribution in [1.82, 2.24) is 4.90 Å². The summed E-state index contributed by atoms with van der Waals surface area (Å²) >= 11 is 0. The van der Waals surface area contributed by atoms with Crippen molar-refractivity contribution >= 4 is 11.6 Å². The van der Waals surface area contributed by atoms with Crippen molar-refractivity contribution < 1.29 is 9.90 Å². The molecule has 1 amide bonds. The smallest absolute Gasteiger partial charge is 0.254 e. The van der Waals surface area contributed by atoms with Crippen molar-refractivity contribution in [2.75, 3.05) is 25.5 Å². The van der Waals surface area contributed by atoms with Crippen LogP contribution in [-0.4, -0.2) is 41.7 Å². The van der Waals surface area contributed by atoms with E-state index in [9.17, 15) is 9.90 Å². The second-order valence-electron chi connectivity index (χ2n) is 5.70. The van der Waals surface area contributed by atoms with Gasteiger partial charge in [-0.3, -0.25) is 4.79 Å². The molecule has 104 valence electrons. The molecule has 4 nitrogen and oxygen atoms in total. The maximum absolute atomic E-state index is 12.6. The fraction of sp³-hybridized carbons (Fsp3) is 0.533. The number of fused-ring (bicyclic) bond motifs is 1. The number of amides is 1. The first-order chi connectivity index (χ1) is 8.97. The van der Waals surface area contributed by atoms with Crippen molar-refractivity contribution in [1.29, 1.82) is 0 Å². The van der Waals surface area contributed by atoms with Crippen LogP contribution < -0.4 is 5.32 Å². The van der Waals surface area contributed by atoms with E-state index < -0.39 is 5.54 Å². The Kier molecular flexibility index (Phi) is 3.80. The first kappa shape index (κ1) is 13.9. The zero-order valence-corrected chi connectivity index (χ0v) is 11.9. The Hall–Kier alpha value is -1.55. The van der Waals surface area contributed by atoms with Crippen LogP contribution >= 0.6 is 0 Å². The van der Waals surface area contributed by atoms with Gasteiger partial charge in [-0.05, 0) is 44.4 Å². The fourth-order valence-electron chi connectivity index (χ4n) is 2.27. The van der Waals surface area contributed by atoms with Crippen LogP contribution in [0.1, 0.15) is 36.2 Å². The first-order valence-electron chi connectivity index (χ1n) is 6.72. The highest BCUT2D eigenvalue weighted by atomic mass is 16.3. The van der Waals surface area contributed by atoms with Gasteiger partial charge in [0.25, 0.3) is 5.91 Å². The number of hydrogen-bond acceptors (Lipinski definition) is 3. The molecule has 0 spiro atoms. The number of nitrogens with zero attached hydrogens (tertiary/aromatic N) is 1. The number of anilines is 1. The first-order valence-corrected chi connectivity index (χ1v) is 6.72. The number of carbonyl (C=O) groups is 1. The fourth-order valence-corrected chi connectivity index (χ4v) is 2.27. The standard InChI is InChI=1S/C15H22N2O2/c1-15(2,10-18)17(3)14(19)12-6-4-8-13-11(12)7-5-9-16-13/h4,6,8,16,18H,5,7,9-10H2,1-3H3. The van der Waals surface area contributed by atoms with E-state index >= 15 is 0 Å². The van der Waals surface area contributed by atoms with Gasteiger partial charge in [-0.1, -0.05) is 6.07 Å². The molecule has 1 aliphatic heterocycles. The van der Waals surface area contributed by atoms with E-state index in [0.717, 1.165) is 36.2 Å². The number of likely N-dealkylation sites (N-methyl/N-ethyl adjacent to an activating group) is 1. The van der Waals surface area contributed by atoms with Gasteiger partial charge in [-0.15, -0.1) is 0 Å². The molecule has 0 aromatic heterocycles. The van der Waals surface area contributed by atoms with Gasteiger partial charge in [0.15, 0.2) is 0 Å². The van der Waals surface area contributed by atoms with Crippen LogP contribution in [0.5, 0.6) is 0 Å². The van der Waals surface area contributed by atoms with Crippen molar-refractivity contribution in [3.63, 3.8) is 0 Å². The van der Waals surface area contributed by atoms with Crippen molar-refractivity contribution in [3.05, 3.63) is 29.3 Å². The van der Waals surface area contributed by atoms with Crippen LogP contribution in [0.3, 0.4) is 0 Å². The van der Waals surface area contributed by atoms with E-state index in [0.29, 0.717) is 0 Å². The van der Waals surface area contributed by atoms with Crippen LogP contribution in [0.4, 0.5) is 5.69 Å². The second kappa shape index (κ2) is 5.21. The molecule has 1 aromatic rings. The van der Waals surface area contributed by atoms with Crippen molar-refractivity contribution in [2.45, 2.75) is 32.2 Å². The molecular formula is C15H22N2O2. The molecule has 0 unspecified atom stereocenters. The summed E-state index contributed by atoms with van der Waals surface area (Å²) in [5.74, 6) is -0.0281. The summed E-state index contributed by atoms with van der Waals surface area (Å²) in [6.45, 7) is 4.63. The van der Waals surface area contributed by atoms with E-state index in [4.69, 9.17) is 0 Å². The highest BCUT2D eigenvalue weighted by Crippen LogP contribution is 2.27. The highest BCUT2D eigenvalue weighted by Gasteiger charge is 2.29. The lowest BCUT2D eigenvalue weighted by Gasteiger charge is -2.35. The molecule has 4 heteroatoms. The van der Waals surface area contributed by atoms with Crippen LogP contribution in [0.25, 0.3) is 0 Å². The average Bonchev–Trinajstić information content (AvgIpc) is 2.45. The maximum atomic E-state index is 12.6. The summed E-state index contributed by atoms with van der Waals surface area (Å²) in [6, 6.07) is 5.80. The third-order valence-electron chi connectivity index (χ3n) is 3.92. The van der Waals surface area contributed by atoms with Gasteiger partial charge in [0.1, 0.15) is 0 Å². The topological polar surface area (TPSA) is 52.6 Å². The predicted molar refractivity (Wildman–Crippen MR) is 76.5 cm³/mol. The number of hydrogen-bond donors (Lipinski definition) is 2. The molecule has 19 heavy (non-hydrogen) atoms. The molecule has 0 atom stereocenters. The molecule has 2 rings (SSSR count). The normalized spacial score (nSPS) is 14.5. The predicted octanol–water partition coefficient (Wildman–Crippen LogP) is 1.89. The number of carbonyl (C=O) groups excluding carboxylic acids is 1. The Balaban J connectivity index is 2.34. The minimum Gasteiger partial charge on any atom is -0.394 e. The zero-order valence-electron chi connectivity index (χ0n) is 11.9. The Bertz CT molecular complexity index is 483. The van der Waals surface area contributed by atoms with E-state index in [-0.39, 0.29) is 12.5 Å². The third kappa shape index (κ3) is 2.59. The highest BCUT2D eigenvalue weighted by molar-refractivity contribution is 5.97. The van der Waals surface area contributed by atoms with E-state index in [1.54, 1.807) is 11.9 Å². The van der Waals surface area contributed by atoms with Gasteiger partial charge in [0.2, 0.25) is 0 Å². The van der Waals surface area contributed by atoms with Gasteiger partial charge >= 0.3 is 0 Å². The lowest BCUT2D eigenvalue weighted by Crippen LogP contribution is -2.48. The minimum absolute atomic E-state index is 0.0281. The number of rotatable bonds is 3. The van der Waals surface area contributed by atoms with Gasteiger partial charge in [0, 0.05) is 24.8 Å². The summed E-state index contributed by atoms with van der Waals surface area (Å²) in [5, 5.41) is 12.7. The van der Waals surface area contributed by atoms with Crippen LogP contribution in [0.15, 0.2) is 18.2 Å². The van der Waals surface area contributed by atoms with Crippen LogP contribution in [0.2, 0.25) is 0 Å². The summed E-state index contributed by atoms with van der Waals surface area (Å²) in [5.41, 5.74) is 2.35. The van der Waals surface area contributed by atoms with Crippen molar-refractivity contribution in [3.8, 4) is 0 Å². The molecule has 0 saturated carbocycles. The number of benzene rings is 1. The molecule has 0 saturated heterocycles. The van der Waals surface area contributed by atoms with Gasteiger partial charge in [-0.2, -0.15) is 0 Å². The van der Waals surface area contributed by atoms with E-state index in [1.807, 2.05) is 32.0 Å². The summed E-state index contributed by atoms with van der Waals surface area (Å²) in [4.78, 5) is 14.2.